The van der Waals surface area contributed by atoms with Crippen molar-refractivity contribution in [2.45, 2.75) is 6.29 Å². The van der Waals surface area contributed by atoms with E-state index in [1.165, 1.54) is 0 Å². The van der Waals surface area contributed by atoms with Crippen LogP contribution in [0.25, 0.3) is 0 Å². The monoisotopic (exact) mass is 180 g/mol. The molecule has 0 saturated heterocycles. The van der Waals surface area contributed by atoms with Crippen molar-refractivity contribution < 1.29 is 0 Å². The molecule has 0 aromatic heterocycles. The molecule has 0 unspecified atom stereocenters. The van der Waals surface area contributed by atoms with Gasteiger partial charge < -0.3 is 5.32 Å². The average Bonchev–Trinajstić information content (AvgIpc) is 1.85. The van der Waals surface area contributed by atoms with Crippen LogP contribution in [0, 0.1) is 0 Å². The van der Waals surface area contributed by atoms with Gasteiger partial charge in [-0.1, -0.05) is 0 Å². The smallest absolute Gasteiger partial charge is 0.200 e. The molecule has 0 spiro atoms. The molecule has 0 amide bonds. The molecule has 0 aliphatic carbocycles. The Morgan fingerprint density at radius 2 is 1.90 bits per heavy atom. The number of hydrogen-bond acceptors (Lipinski definition) is 4. The van der Waals surface area contributed by atoms with Crippen LogP contribution in [-0.2, 0) is 0 Å². The summed E-state index contributed by atoms with van der Waals surface area (Å²) in [6, 6.07) is 0. The maximum absolute atomic E-state index is 5.52. The molecule has 56 valence electrons. The quantitative estimate of drug-likeness (QED) is 0.571. The van der Waals surface area contributed by atoms with Gasteiger partial charge in [-0.15, -0.1) is 0 Å². The zero-order valence-corrected chi connectivity index (χ0v) is 6.74. The van der Waals surface area contributed by atoms with Crippen LogP contribution >= 0.6 is 23.2 Å². The molecule has 2 N–H and O–H groups in total. The van der Waals surface area contributed by atoms with Crippen LogP contribution < -0.4 is 10.6 Å². The maximum atomic E-state index is 5.52. The van der Waals surface area contributed by atoms with Crippen LogP contribution in [0.15, 0.2) is 9.98 Å². The molecule has 1 rings (SSSR count). The zero-order chi connectivity index (χ0) is 7.56. The van der Waals surface area contributed by atoms with Crippen LogP contribution in [0.2, 0.25) is 0 Å². The molecule has 1 aliphatic rings. The third-order valence-electron chi connectivity index (χ3n) is 0.936. The van der Waals surface area contributed by atoms with Gasteiger partial charge >= 0.3 is 0 Å². The van der Waals surface area contributed by atoms with Gasteiger partial charge in [0.1, 0.15) is 0 Å². The van der Waals surface area contributed by atoms with Crippen molar-refractivity contribution in [2.24, 2.45) is 9.98 Å². The molecule has 0 aromatic carbocycles. The highest BCUT2D eigenvalue weighted by Gasteiger charge is 2.10. The first-order chi connectivity index (χ1) is 4.72. The number of halogens is 2. The number of hydrogen-bond donors (Lipinski definition) is 2. The van der Waals surface area contributed by atoms with Gasteiger partial charge in [-0.05, 0) is 30.2 Å². The fourth-order valence-electron chi connectivity index (χ4n) is 0.522. The van der Waals surface area contributed by atoms with Crippen molar-refractivity contribution in [3.63, 3.8) is 0 Å². The van der Waals surface area contributed by atoms with Gasteiger partial charge in [-0.2, -0.15) is 0 Å². The molecule has 6 heteroatoms. The average molecular weight is 181 g/mol. The lowest BCUT2D eigenvalue weighted by atomic mass is 10.8. The second kappa shape index (κ2) is 3.18. The molecule has 0 radical (unpaired) electrons. The Kier molecular flexibility index (Phi) is 2.48. The molecule has 0 saturated carbocycles. The van der Waals surface area contributed by atoms with Gasteiger partial charge in [0, 0.05) is 0 Å². The summed E-state index contributed by atoms with van der Waals surface area (Å²) < 4.78 is 0. The Morgan fingerprint density at radius 3 is 2.30 bits per heavy atom. The summed E-state index contributed by atoms with van der Waals surface area (Å²) >= 11 is 11.0. The van der Waals surface area contributed by atoms with Gasteiger partial charge in [0.25, 0.3) is 0 Å². The normalized spacial score (nSPS) is 19.5. The van der Waals surface area contributed by atoms with Crippen LogP contribution in [0.4, 0.5) is 0 Å². The van der Waals surface area contributed by atoms with Crippen molar-refractivity contribution >= 4 is 33.8 Å². The van der Waals surface area contributed by atoms with E-state index in [9.17, 15) is 0 Å². The summed E-state index contributed by atoms with van der Waals surface area (Å²) in [6.07, 6.45) is -0.360. The molecular weight excluding hydrogens is 175 g/mol. The number of nitrogens with one attached hydrogen (secondary N) is 2. The predicted octanol–water partition coefficient (Wildman–Crippen LogP) is 0.282. The Labute approximate surface area is 68.3 Å². The van der Waals surface area contributed by atoms with E-state index in [4.69, 9.17) is 23.2 Å². The molecular formula is C4H6Cl2N4. The second-order valence-corrected chi connectivity index (χ2v) is 2.34. The lowest BCUT2D eigenvalue weighted by Gasteiger charge is -2.13. The molecule has 4 nitrogen and oxygen atoms in total. The van der Waals surface area contributed by atoms with Crippen molar-refractivity contribution in [2.75, 3.05) is 7.05 Å². The fraction of sp³-hybridized carbons (Fsp3) is 0.500. The summed E-state index contributed by atoms with van der Waals surface area (Å²) in [7, 11) is 1.72. The number of nitrogens with zero attached hydrogens (tertiary/aromatic N) is 2. The summed E-state index contributed by atoms with van der Waals surface area (Å²) in [5.74, 6) is 0. The Balaban J connectivity index is 2.67. The molecule has 1 aliphatic heterocycles. The van der Waals surface area contributed by atoms with Crippen molar-refractivity contribution in [1.82, 2.24) is 10.6 Å². The van der Waals surface area contributed by atoms with E-state index in [0.29, 0.717) is 0 Å². The van der Waals surface area contributed by atoms with Crippen LogP contribution in [0.1, 0.15) is 0 Å². The highest BCUT2D eigenvalue weighted by Crippen LogP contribution is 1.99. The largest absolute Gasteiger partial charge is 0.306 e. The minimum atomic E-state index is -0.360. The first kappa shape index (κ1) is 7.78. The SMILES string of the molecule is CNC1N=C(Cl)NC(Cl)=N1. The fourth-order valence-corrected chi connectivity index (χ4v) is 0.935. The van der Waals surface area contributed by atoms with Crippen LogP contribution in [0.3, 0.4) is 0 Å². The van der Waals surface area contributed by atoms with Gasteiger partial charge in [0.15, 0.2) is 6.29 Å². The van der Waals surface area contributed by atoms with Crippen molar-refractivity contribution in [3.05, 3.63) is 0 Å². The van der Waals surface area contributed by atoms with E-state index in [-0.39, 0.29) is 16.9 Å². The van der Waals surface area contributed by atoms with Crippen molar-refractivity contribution in [1.29, 1.82) is 0 Å². The Hall–Kier alpha value is -0.320. The molecule has 10 heavy (non-hydrogen) atoms. The highest BCUT2D eigenvalue weighted by atomic mass is 35.5. The number of amidine groups is 2. The van der Waals surface area contributed by atoms with E-state index >= 15 is 0 Å². The van der Waals surface area contributed by atoms with E-state index in [1.807, 2.05) is 0 Å². The van der Waals surface area contributed by atoms with E-state index < -0.39 is 0 Å². The standard InChI is InChI=1S/C4H6Cl2N4/c1-7-4-9-2(5)8-3(6)10-4/h4,7H,1H3,(H,8,9,10). The predicted molar refractivity (Wildman–Crippen MR) is 42.6 cm³/mol. The minimum absolute atomic E-state index is 0.249. The Bertz CT molecular complexity index is 170. The summed E-state index contributed by atoms with van der Waals surface area (Å²) in [6.45, 7) is 0. The first-order valence-electron chi connectivity index (χ1n) is 2.63. The third-order valence-corrected chi connectivity index (χ3v) is 1.32. The Morgan fingerprint density at radius 1 is 1.40 bits per heavy atom. The van der Waals surface area contributed by atoms with E-state index in [0.717, 1.165) is 0 Å². The highest BCUT2D eigenvalue weighted by molar-refractivity contribution is 6.73. The van der Waals surface area contributed by atoms with Gasteiger partial charge in [-0.25, -0.2) is 9.98 Å². The molecule has 0 atom stereocenters. The number of rotatable bonds is 1. The zero-order valence-electron chi connectivity index (χ0n) is 5.23. The summed E-state index contributed by atoms with van der Waals surface area (Å²) in [5, 5.41) is 5.81. The molecule has 1 heterocycles. The summed E-state index contributed by atoms with van der Waals surface area (Å²) in [5.41, 5.74) is 0. The van der Waals surface area contributed by atoms with Crippen molar-refractivity contribution in [3.8, 4) is 0 Å². The molecule has 0 fully saturated rings. The van der Waals surface area contributed by atoms with E-state index in [1.54, 1.807) is 7.05 Å². The third kappa shape index (κ3) is 1.83. The van der Waals surface area contributed by atoms with Crippen LogP contribution in [0.5, 0.6) is 0 Å². The maximum Gasteiger partial charge on any atom is 0.200 e. The second-order valence-electron chi connectivity index (χ2n) is 1.63. The summed E-state index contributed by atoms with van der Waals surface area (Å²) in [4.78, 5) is 7.68. The number of aliphatic imine (C=N–C) groups is 2. The molecule has 0 aromatic rings. The molecule has 0 bridgehead atoms. The van der Waals surface area contributed by atoms with Gasteiger partial charge in [0.05, 0.1) is 0 Å². The van der Waals surface area contributed by atoms with Crippen LogP contribution in [-0.4, -0.2) is 23.9 Å². The van der Waals surface area contributed by atoms with E-state index in [2.05, 4.69) is 20.6 Å². The lowest BCUT2D eigenvalue weighted by molar-refractivity contribution is 0.609. The lowest BCUT2D eigenvalue weighted by Crippen LogP contribution is -2.34. The van der Waals surface area contributed by atoms with Gasteiger partial charge in [0.2, 0.25) is 10.6 Å². The minimum Gasteiger partial charge on any atom is -0.306 e. The first-order valence-corrected chi connectivity index (χ1v) is 3.39. The van der Waals surface area contributed by atoms with Gasteiger partial charge in [-0.3, -0.25) is 5.32 Å². The topological polar surface area (TPSA) is 48.8 Å².